The summed E-state index contributed by atoms with van der Waals surface area (Å²) in [5.74, 6) is -0.413. The van der Waals surface area contributed by atoms with Gasteiger partial charge in [-0.3, -0.25) is 19.8 Å². The van der Waals surface area contributed by atoms with Crippen molar-refractivity contribution < 1.29 is 14.4 Å². The Morgan fingerprint density at radius 3 is 2.43 bits per heavy atom. The smallest absolute Gasteiger partial charge is 0.310 e. The van der Waals surface area contributed by atoms with E-state index in [1.807, 2.05) is 26.0 Å². The molecule has 1 aromatic carbocycles. The molecule has 2 rings (SSSR count). The number of imide groups is 1. The van der Waals surface area contributed by atoms with Crippen molar-refractivity contribution in [1.29, 1.82) is 0 Å². The number of amides is 4. The van der Waals surface area contributed by atoms with Gasteiger partial charge in [0.15, 0.2) is 0 Å². The van der Waals surface area contributed by atoms with Gasteiger partial charge in [-0.2, -0.15) is 0 Å². The molecule has 9 heteroatoms. The lowest BCUT2D eigenvalue weighted by Gasteiger charge is -2.16. The van der Waals surface area contributed by atoms with Gasteiger partial charge >= 0.3 is 6.03 Å². The van der Waals surface area contributed by atoms with Crippen molar-refractivity contribution in [3.63, 3.8) is 0 Å². The summed E-state index contributed by atoms with van der Waals surface area (Å²) in [4.78, 5) is 41.6. The number of hydrogen-bond acceptors (Lipinski definition) is 5. The Morgan fingerprint density at radius 2 is 1.75 bits per heavy atom. The molecule has 148 valence electrons. The molecule has 28 heavy (non-hydrogen) atoms. The highest BCUT2D eigenvalue weighted by molar-refractivity contribution is 9.10. The quantitative estimate of drug-likeness (QED) is 0.631. The first-order valence-electron chi connectivity index (χ1n) is 8.51. The zero-order valence-electron chi connectivity index (χ0n) is 15.9. The Labute approximate surface area is 171 Å². The number of carbonyl (C=O) groups is 3. The molecule has 0 bridgehead atoms. The van der Waals surface area contributed by atoms with Crippen molar-refractivity contribution >= 4 is 45.3 Å². The van der Waals surface area contributed by atoms with Crippen LogP contribution < -0.4 is 16.0 Å². The topological polar surface area (TPSA) is 103 Å². The molecule has 0 aliphatic rings. The van der Waals surface area contributed by atoms with Gasteiger partial charge in [0.05, 0.1) is 13.1 Å². The van der Waals surface area contributed by atoms with Crippen LogP contribution in [-0.2, 0) is 9.59 Å². The highest BCUT2D eigenvalue weighted by Crippen LogP contribution is 2.17. The second-order valence-corrected chi connectivity index (χ2v) is 7.25. The molecular formula is C19H22BrN5O3. The van der Waals surface area contributed by atoms with Crippen LogP contribution in [-0.4, -0.2) is 47.9 Å². The van der Waals surface area contributed by atoms with E-state index in [-0.39, 0.29) is 19.0 Å². The van der Waals surface area contributed by atoms with Crippen molar-refractivity contribution in [2.24, 2.45) is 0 Å². The van der Waals surface area contributed by atoms with Gasteiger partial charge in [-0.15, -0.1) is 0 Å². The van der Waals surface area contributed by atoms with Crippen LogP contribution in [0.1, 0.15) is 11.1 Å². The summed E-state index contributed by atoms with van der Waals surface area (Å²) in [6.45, 7) is 3.69. The van der Waals surface area contributed by atoms with E-state index in [2.05, 4.69) is 36.9 Å². The first-order valence-corrected chi connectivity index (χ1v) is 9.31. The zero-order chi connectivity index (χ0) is 20.7. The number of benzene rings is 1. The molecule has 3 N–H and O–H groups in total. The number of rotatable bonds is 6. The fraction of sp³-hybridized carbons (Fsp3) is 0.263. The van der Waals surface area contributed by atoms with Crippen LogP contribution in [0.3, 0.4) is 0 Å². The summed E-state index contributed by atoms with van der Waals surface area (Å²) in [6, 6.07) is 8.33. The van der Waals surface area contributed by atoms with E-state index < -0.39 is 11.9 Å². The molecule has 0 aliphatic carbocycles. The SMILES string of the molecule is Cc1cccc(NC(=O)NC(=O)CN(C)CC(=O)Nc2ccc(Br)cn2)c1C. The summed E-state index contributed by atoms with van der Waals surface area (Å²) < 4.78 is 0.804. The first kappa shape index (κ1) is 21.5. The number of urea groups is 1. The number of hydrogen-bond donors (Lipinski definition) is 3. The Balaban J connectivity index is 1.78. The minimum absolute atomic E-state index is 0.0240. The van der Waals surface area contributed by atoms with Crippen LogP contribution in [0.2, 0.25) is 0 Å². The number of aromatic nitrogens is 1. The molecule has 2 aromatic rings. The minimum Gasteiger partial charge on any atom is -0.310 e. The molecule has 0 unspecified atom stereocenters. The average Bonchev–Trinajstić information content (AvgIpc) is 2.60. The summed E-state index contributed by atoms with van der Waals surface area (Å²) in [6.07, 6.45) is 1.57. The van der Waals surface area contributed by atoms with Gasteiger partial charge < -0.3 is 10.6 Å². The number of aryl methyl sites for hydroxylation is 1. The third kappa shape index (κ3) is 6.75. The van der Waals surface area contributed by atoms with Gasteiger partial charge in [0.25, 0.3) is 0 Å². The van der Waals surface area contributed by atoms with Crippen molar-refractivity contribution in [3.8, 4) is 0 Å². The van der Waals surface area contributed by atoms with Gasteiger partial charge in [0.1, 0.15) is 5.82 Å². The number of nitrogens with zero attached hydrogens (tertiary/aromatic N) is 2. The van der Waals surface area contributed by atoms with Gasteiger partial charge in [-0.25, -0.2) is 9.78 Å². The Morgan fingerprint density at radius 1 is 1.04 bits per heavy atom. The molecule has 0 aliphatic heterocycles. The van der Waals surface area contributed by atoms with Crippen molar-refractivity contribution in [2.45, 2.75) is 13.8 Å². The van der Waals surface area contributed by atoms with Crippen LogP contribution in [0.15, 0.2) is 41.0 Å². The number of anilines is 2. The van der Waals surface area contributed by atoms with Crippen molar-refractivity contribution in [2.75, 3.05) is 30.8 Å². The van der Waals surface area contributed by atoms with Crippen LogP contribution in [0.25, 0.3) is 0 Å². The number of pyridine rings is 1. The van der Waals surface area contributed by atoms with Gasteiger partial charge in [-0.1, -0.05) is 12.1 Å². The molecule has 0 atom stereocenters. The van der Waals surface area contributed by atoms with E-state index in [1.165, 1.54) is 4.90 Å². The molecule has 0 saturated heterocycles. The molecular weight excluding hydrogens is 426 g/mol. The average molecular weight is 448 g/mol. The normalized spacial score (nSPS) is 10.5. The van der Waals surface area contributed by atoms with E-state index in [9.17, 15) is 14.4 Å². The Kier molecular flexibility index (Phi) is 7.65. The molecule has 1 heterocycles. The predicted octanol–water partition coefficient (Wildman–Crippen LogP) is 2.68. The highest BCUT2D eigenvalue weighted by Gasteiger charge is 2.14. The second kappa shape index (κ2) is 9.95. The maximum atomic E-state index is 12.0. The van der Waals surface area contributed by atoms with E-state index in [4.69, 9.17) is 0 Å². The fourth-order valence-electron chi connectivity index (χ4n) is 2.38. The molecule has 4 amide bonds. The molecule has 0 radical (unpaired) electrons. The van der Waals surface area contributed by atoms with E-state index in [0.717, 1.165) is 15.6 Å². The Hall–Kier alpha value is -2.78. The van der Waals surface area contributed by atoms with E-state index in [0.29, 0.717) is 11.5 Å². The Bertz CT molecular complexity index is 870. The van der Waals surface area contributed by atoms with Gasteiger partial charge in [0, 0.05) is 16.4 Å². The zero-order valence-corrected chi connectivity index (χ0v) is 17.5. The number of carbonyl (C=O) groups excluding carboxylic acids is 3. The molecule has 0 saturated carbocycles. The predicted molar refractivity (Wildman–Crippen MR) is 111 cm³/mol. The maximum absolute atomic E-state index is 12.0. The molecule has 1 aromatic heterocycles. The van der Waals surface area contributed by atoms with Gasteiger partial charge in [0.2, 0.25) is 11.8 Å². The van der Waals surface area contributed by atoms with Crippen molar-refractivity contribution in [1.82, 2.24) is 15.2 Å². The molecule has 0 spiro atoms. The van der Waals surface area contributed by atoms with Crippen LogP contribution in [0.4, 0.5) is 16.3 Å². The molecule has 8 nitrogen and oxygen atoms in total. The third-order valence-corrected chi connectivity index (χ3v) is 4.40. The van der Waals surface area contributed by atoms with Crippen LogP contribution >= 0.6 is 15.9 Å². The monoisotopic (exact) mass is 447 g/mol. The van der Waals surface area contributed by atoms with E-state index >= 15 is 0 Å². The lowest BCUT2D eigenvalue weighted by molar-refractivity contribution is -0.122. The lowest BCUT2D eigenvalue weighted by atomic mass is 10.1. The lowest BCUT2D eigenvalue weighted by Crippen LogP contribution is -2.42. The fourth-order valence-corrected chi connectivity index (χ4v) is 2.62. The summed E-state index contributed by atoms with van der Waals surface area (Å²) in [5.41, 5.74) is 2.61. The second-order valence-electron chi connectivity index (χ2n) is 6.33. The first-order chi connectivity index (χ1) is 13.2. The highest BCUT2D eigenvalue weighted by atomic mass is 79.9. The van der Waals surface area contributed by atoms with E-state index in [1.54, 1.807) is 31.4 Å². The maximum Gasteiger partial charge on any atom is 0.325 e. The number of halogens is 1. The summed E-state index contributed by atoms with van der Waals surface area (Å²) in [5, 5.41) is 7.54. The summed E-state index contributed by atoms with van der Waals surface area (Å²) >= 11 is 3.27. The standard InChI is InChI=1S/C19H22BrN5O3/c1-12-5-4-6-15(13(12)2)22-19(28)24-18(27)11-25(3)10-17(26)23-16-8-7-14(20)9-21-16/h4-9H,10-11H2,1-3H3,(H,21,23,26)(H2,22,24,27,28). The molecule has 0 fully saturated rings. The van der Waals surface area contributed by atoms with Gasteiger partial charge in [-0.05, 0) is 66.2 Å². The number of likely N-dealkylation sites (N-methyl/N-ethyl adjacent to an activating group) is 1. The van der Waals surface area contributed by atoms with Crippen LogP contribution in [0.5, 0.6) is 0 Å². The van der Waals surface area contributed by atoms with Crippen molar-refractivity contribution in [3.05, 3.63) is 52.1 Å². The summed E-state index contributed by atoms with van der Waals surface area (Å²) in [7, 11) is 1.61. The van der Waals surface area contributed by atoms with Crippen LogP contribution in [0, 0.1) is 13.8 Å². The third-order valence-electron chi connectivity index (χ3n) is 3.93. The largest absolute Gasteiger partial charge is 0.325 e. The minimum atomic E-state index is -0.615. The number of nitrogens with one attached hydrogen (secondary N) is 3.